The second-order valence-electron chi connectivity index (χ2n) is 4.94. The van der Waals surface area contributed by atoms with Crippen LogP contribution in [0.4, 0.5) is 17.1 Å². The minimum atomic E-state index is -4.09. The van der Waals surface area contributed by atoms with Crippen LogP contribution in [-0.2, 0) is 29.5 Å². The first-order valence-corrected chi connectivity index (χ1v) is 11.9. The maximum absolute atomic E-state index is 12.3. The summed E-state index contributed by atoms with van der Waals surface area (Å²) in [5.74, 6) is -1.33. The van der Waals surface area contributed by atoms with E-state index in [1.165, 1.54) is 20.8 Å². The van der Waals surface area contributed by atoms with Gasteiger partial charge in [0, 0.05) is 0 Å². The smallest absolute Gasteiger partial charge is 0.182 e. The Balaban J connectivity index is 4.34. The average Bonchev–Trinajstić information content (AvgIpc) is 2.46. The SMILES string of the molecule is CCS(=O)(=O)c1c(N)c(S(=O)(=O)CC)c(N)c(S(=O)(=O)CC)c1N. The van der Waals surface area contributed by atoms with Gasteiger partial charge in [-0.05, 0) is 0 Å². The van der Waals surface area contributed by atoms with Gasteiger partial charge in [0.25, 0.3) is 0 Å². The predicted octanol–water partition coefficient (Wildman–Crippen LogP) is -0.186. The van der Waals surface area contributed by atoms with E-state index in [4.69, 9.17) is 17.2 Å². The van der Waals surface area contributed by atoms with Gasteiger partial charge in [-0.25, -0.2) is 25.3 Å². The summed E-state index contributed by atoms with van der Waals surface area (Å²) in [6.07, 6.45) is 0. The predicted molar refractivity (Wildman–Crippen MR) is 92.9 cm³/mol. The molecule has 9 nitrogen and oxygen atoms in total. The number of benzene rings is 1. The second kappa shape index (κ2) is 6.41. The van der Waals surface area contributed by atoms with Crippen LogP contribution in [0.1, 0.15) is 20.8 Å². The highest BCUT2D eigenvalue weighted by atomic mass is 32.2. The quantitative estimate of drug-likeness (QED) is 0.546. The van der Waals surface area contributed by atoms with Crippen molar-refractivity contribution in [1.82, 2.24) is 0 Å². The fraction of sp³-hybridized carbons (Fsp3) is 0.500. The summed E-state index contributed by atoms with van der Waals surface area (Å²) in [6.45, 7) is 3.89. The monoisotopic (exact) mass is 399 g/mol. The van der Waals surface area contributed by atoms with Crippen molar-refractivity contribution in [1.29, 1.82) is 0 Å². The normalized spacial score (nSPS) is 13.1. The molecule has 0 unspecified atom stereocenters. The molecule has 0 fully saturated rings. The Morgan fingerprint density at radius 2 is 0.708 bits per heavy atom. The van der Waals surface area contributed by atoms with Crippen molar-refractivity contribution in [2.45, 2.75) is 35.5 Å². The lowest BCUT2D eigenvalue weighted by atomic mass is 10.2. The molecular weight excluding hydrogens is 378 g/mol. The first-order valence-electron chi connectivity index (χ1n) is 6.97. The maximum atomic E-state index is 12.3. The molecule has 1 aromatic carbocycles. The van der Waals surface area contributed by atoms with Gasteiger partial charge in [0.1, 0.15) is 14.7 Å². The van der Waals surface area contributed by atoms with Gasteiger partial charge in [-0.1, -0.05) is 20.8 Å². The van der Waals surface area contributed by atoms with Crippen LogP contribution < -0.4 is 17.2 Å². The first kappa shape index (κ1) is 20.5. The highest BCUT2D eigenvalue weighted by Gasteiger charge is 2.35. The first-order chi connectivity index (χ1) is 10.8. The molecule has 1 rings (SSSR count). The van der Waals surface area contributed by atoms with Crippen molar-refractivity contribution in [2.75, 3.05) is 34.5 Å². The van der Waals surface area contributed by atoms with Gasteiger partial charge in [0.2, 0.25) is 0 Å². The Kier molecular flexibility index (Phi) is 5.48. The number of hydrogen-bond donors (Lipinski definition) is 3. The van der Waals surface area contributed by atoms with E-state index >= 15 is 0 Å². The van der Waals surface area contributed by atoms with E-state index in [2.05, 4.69) is 0 Å². The highest BCUT2D eigenvalue weighted by Crippen LogP contribution is 2.43. The van der Waals surface area contributed by atoms with Gasteiger partial charge in [-0.15, -0.1) is 0 Å². The molecule has 0 heterocycles. The third-order valence-electron chi connectivity index (χ3n) is 3.54. The Hall–Kier alpha value is -1.53. The number of rotatable bonds is 6. The molecule has 0 aliphatic rings. The van der Waals surface area contributed by atoms with E-state index in [-0.39, 0.29) is 0 Å². The van der Waals surface area contributed by atoms with Crippen LogP contribution >= 0.6 is 0 Å². The van der Waals surface area contributed by atoms with Crippen LogP contribution in [0.15, 0.2) is 14.7 Å². The van der Waals surface area contributed by atoms with Crippen LogP contribution in [0.3, 0.4) is 0 Å². The fourth-order valence-electron chi connectivity index (χ4n) is 2.18. The molecule has 24 heavy (non-hydrogen) atoms. The molecule has 0 aliphatic carbocycles. The zero-order chi connectivity index (χ0) is 19.1. The molecule has 0 saturated heterocycles. The highest BCUT2D eigenvalue weighted by molar-refractivity contribution is 7.93. The van der Waals surface area contributed by atoms with Crippen molar-refractivity contribution in [2.24, 2.45) is 0 Å². The van der Waals surface area contributed by atoms with Crippen LogP contribution in [-0.4, -0.2) is 42.5 Å². The summed E-state index contributed by atoms with van der Waals surface area (Å²) in [5.41, 5.74) is 15.3. The number of anilines is 3. The molecule has 0 aromatic heterocycles. The van der Waals surface area contributed by atoms with Gasteiger partial charge >= 0.3 is 0 Å². The molecule has 6 N–H and O–H groups in total. The molecule has 138 valence electrons. The van der Waals surface area contributed by atoms with Gasteiger partial charge in [-0.2, -0.15) is 0 Å². The lowest BCUT2D eigenvalue weighted by molar-refractivity contribution is 0.595. The van der Waals surface area contributed by atoms with Crippen LogP contribution in [0, 0.1) is 0 Å². The van der Waals surface area contributed by atoms with E-state index in [0.29, 0.717) is 0 Å². The lowest BCUT2D eigenvalue weighted by Crippen LogP contribution is -2.21. The van der Waals surface area contributed by atoms with Gasteiger partial charge in [-0.3, -0.25) is 0 Å². The molecule has 12 heteroatoms. The third-order valence-corrected chi connectivity index (χ3v) is 9.01. The minimum Gasteiger partial charge on any atom is -0.396 e. The van der Waals surface area contributed by atoms with Crippen molar-refractivity contribution in [3.05, 3.63) is 0 Å². The van der Waals surface area contributed by atoms with E-state index in [1.807, 2.05) is 0 Å². The zero-order valence-corrected chi connectivity index (χ0v) is 16.0. The summed E-state index contributed by atoms with van der Waals surface area (Å²) in [6, 6.07) is 0. The van der Waals surface area contributed by atoms with Crippen molar-refractivity contribution < 1.29 is 25.3 Å². The Morgan fingerprint density at radius 1 is 0.542 bits per heavy atom. The summed E-state index contributed by atoms with van der Waals surface area (Å²) < 4.78 is 73.8. The zero-order valence-electron chi connectivity index (χ0n) is 13.5. The number of hydrogen-bond acceptors (Lipinski definition) is 9. The molecule has 0 amide bonds. The van der Waals surface area contributed by atoms with E-state index in [0.717, 1.165) is 0 Å². The molecule has 0 radical (unpaired) electrons. The largest absolute Gasteiger partial charge is 0.396 e. The number of nitrogen functional groups attached to an aromatic ring is 3. The number of sulfone groups is 3. The summed E-state index contributed by atoms with van der Waals surface area (Å²) in [7, 11) is -12.3. The second-order valence-corrected chi connectivity index (χ2v) is 11.6. The summed E-state index contributed by atoms with van der Waals surface area (Å²) >= 11 is 0. The van der Waals surface area contributed by atoms with Gasteiger partial charge in [0.05, 0.1) is 34.3 Å². The Labute approximate surface area is 142 Å². The molecule has 0 spiro atoms. The summed E-state index contributed by atoms with van der Waals surface area (Å²) in [4.78, 5) is -2.13. The average molecular weight is 400 g/mol. The fourth-order valence-corrected chi connectivity index (χ4v) is 5.87. The number of nitrogens with two attached hydrogens (primary N) is 3. The van der Waals surface area contributed by atoms with E-state index in [1.54, 1.807) is 0 Å². The molecular formula is C12H21N3O6S3. The lowest BCUT2D eigenvalue weighted by Gasteiger charge is -2.20. The van der Waals surface area contributed by atoms with Crippen LogP contribution in [0.25, 0.3) is 0 Å². The topological polar surface area (TPSA) is 180 Å². The van der Waals surface area contributed by atoms with Crippen LogP contribution in [0.2, 0.25) is 0 Å². The molecule has 0 atom stereocenters. The Morgan fingerprint density at radius 3 is 0.833 bits per heavy atom. The van der Waals surface area contributed by atoms with Crippen LogP contribution in [0.5, 0.6) is 0 Å². The Bertz CT molecular complexity index is 830. The molecule has 0 bridgehead atoms. The van der Waals surface area contributed by atoms with E-state index in [9.17, 15) is 25.3 Å². The summed E-state index contributed by atoms with van der Waals surface area (Å²) in [5, 5.41) is 0. The molecule has 1 aromatic rings. The molecule has 0 saturated carbocycles. The maximum Gasteiger partial charge on any atom is 0.182 e. The van der Waals surface area contributed by atoms with Crippen molar-refractivity contribution in [3.8, 4) is 0 Å². The standard InChI is InChI=1S/C12H21N3O6S3/c1-4-22(16,17)10-7(13)11(23(18,19)5-2)9(15)12(8(10)14)24(20,21)6-3/h4-6,13-15H2,1-3H3. The van der Waals surface area contributed by atoms with Crippen molar-refractivity contribution in [3.63, 3.8) is 0 Å². The van der Waals surface area contributed by atoms with Gasteiger partial charge < -0.3 is 17.2 Å². The molecule has 0 aliphatic heterocycles. The van der Waals surface area contributed by atoms with E-state index < -0.39 is 78.5 Å². The third kappa shape index (κ3) is 3.17. The minimum absolute atomic E-state index is 0.442. The van der Waals surface area contributed by atoms with Crippen molar-refractivity contribution >= 4 is 46.6 Å². The van der Waals surface area contributed by atoms with Gasteiger partial charge in [0.15, 0.2) is 29.5 Å².